The van der Waals surface area contributed by atoms with Gasteiger partial charge in [0.15, 0.2) is 10.2 Å². The van der Waals surface area contributed by atoms with Crippen molar-refractivity contribution in [2.24, 2.45) is 0 Å². The minimum Gasteiger partial charge on any atom is -0.240 e. The van der Waals surface area contributed by atoms with E-state index < -0.39 is 11.3 Å². The largest absolute Gasteiger partial charge is 0.241 e. The molecule has 0 aliphatic carbocycles. The van der Waals surface area contributed by atoms with Crippen LogP contribution in [0.1, 0.15) is 0 Å². The lowest BCUT2D eigenvalue weighted by Gasteiger charge is -2.12. The van der Waals surface area contributed by atoms with Crippen molar-refractivity contribution >= 4 is 69.2 Å². The molecule has 1 heterocycles. The van der Waals surface area contributed by atoms with Gasteiger partial charge in [-0.3, -0.25) is 0 Å². The second-order valence-electron chi connectivity index (χ2n) is 2.10. The molecule has 0 N–H and O–H groups in total. The topological polar surface area (TPSA) is 59.9 Å². The van der Waals surface area contributed by atoms with Gasteiger partial charge >= 0.3 is 0 Å². The van der Waals surface area contributed by atoms with Crippen molar-refractivity contribution in [1.29, 1.82) is 0 Å². The molecule has 0 saturated heterocycles. The van der Waals surface area contributed by atoms with Gasteiger partial charge < -0.3 is 0 Å². The summed E-state index contributed by atoms with van der Waals surface area (Å²) in [6.45, 7) is 0. The fourth-order valence-electron chi connectivity index (χ4n) is 0.598. The molecule has 1 rings (SSSR count). The SMILES string of the molecule is O=S(=O)(c1nccnc1Cl)C(Br)(Br)Br. The molecule has 78 valence electrons. The summed E-state index contributed by atoms with van der Waals surface area (Å²) in [5.74, 6) is 0. The summed E-state index contributed by atoms with van der Waals surface area (Å²) in [5, 5.41) is -0.470. The molecule has 1 aromatic rings. The third kappa shape index (κ3) is 2.46. The van der Waals surface area contributed by atoms with E-state index >= 15 is 0 Å². The fraction of sp³-hybridized carbons (Fsp3) is 0.200. The van der Waals surface area contributed by atoms with Gasteiger partial charge in [0.05, 0.1) is 0 Å². The molecule has 0 aliphatic rings. The Bertz CT molecular complexity index is 445. The second-order valence-corrected chi connectivity index (χ2v) is 12.8. The average Bonchev–Trinajstić information content (AvgIpc) is 2.02. The van der Waals surface area contributed by atoms with E-state index in [4.69, 9.17) is 11.6 Å². The third-order valence-corrected chi connectivity index (χ3v) is 6.82. The normalized spacial score (nSPS) is 12.9. The maximum atomic E-state index is 11.7. The highest BCUT2D eigenvalue weighted by Crippen LogP contribution is 2.43. The second kappa shape index (κ2) is 4.32. The minimum absolute atomic E-state index is 0.171. The lowest BCUT2D eigenvalue weighted by atomic mass is 10.8. The van der Waals surface area contributed by atoms with Crippen LogP contribution in [0.25, 0.3) is 0 Å². The van der Waals surface area contributed by atoms with Gasteiger partial charge in [-0.25, -0.2) is 18.4 Å². The number of aromatic nitrogens is 2. The predicted molar refractivity (Wildman–Crippen MR) is 63.7 cm³/mol. The molecule has 0 atom stereocenters. The molecule has 4 nitrogen and oxygen atoms in total. The molecule has 0 fully saturated rings. The molecule has 0 radical (unpaired) electrons. The first-order valence-electron chi connectivity index (χ1n) is 3.04. The van der Waals surface area contributed by atoms with Gasteiger partial charge in [-0.15, -0.1) is 0 Å². The van der Waals surface area contributed by atoms with Crippen LogP contribution in [0.4, 0.5) is 0 Å². The maximum Gasteiger partial charge on any atom is 0.241 e. The molecule has 14 heavy (non-hydrogen) atoms. The standard InChI is InChI=1S/C5H2Br3ClN2O2S/c6-5(7,8)14(12,13)4-3(9)10-1-2-11-4/h1-2H. The van der Waals surface area contributed by atoms with Crippen LogP contribution in [-0.2, 0) is 9.84 Å². The Labute approximate surface area is 111 Å². The van der Waals surface area contributed by atoms with Crippen molar-refractivity contribution in [3.8, 4) is 0 Å². The summed E-state index contributed by atoms with van der Waals surface area (Å²) in [6, 6.07) is 0. The highest BCUT2D eigenvalue weighted by Gasteiger charge is 2.40. The Kier molecular flexibility index (Phi) is 3.96. The van der Waals surface area contributed by atoms with Crippen LogP contribution in [0.3, 0.4) is 0 Å². The van der Waals surface area contributed by atoms with Crippen LogP contribution >= 0.6 is 59.4 Å². The van der Waals surface area contributed by atoms with Crippen LogP contribution in [0, 0.1) is 0 Å². The molecule has 0 aromatic carbocycles. The van der Waals surface area contributed by atoms with E-state index in [-0.39, 0.29) is 10.2 Å². The van der Waals surface area contributed by atoms with E-state index in [0.29, 0.717) is 0 Å². The highest BCUT2D eigenvalue weighted by atomic mass is 80.0. The molecule has 0 aliphatic heterocycles. The van der Waals surface area contributed by atoms with Crippen LogP contribution in [-0.4, -0.2) is 19.9 Å². The fourth-order valence-corrected chi connectivity index (χ4v) is 3.08. The van der Waals surface area contributed by atoms with Crippen molar-refractivity contribution in [3.63, 3.8) is 0 Å². The minimum atomic E-state index is -3.76. The molecule has 0 saturated carbocycles. The molecule has 0 amide bonds. The summed E-state index contributed by atoms with van der Waals surface area (Å²) in [5.41, 5.74) is 0. The molecular formula is C5H2Br3ClN2O2S. The zero-order valence-electron chi connectivity index (χ0n) is 6.29. The van der Waals surface area contributed by atoms with E-state index in [1.54, 1.807) is 0 Å². The molecule has 0 spiro atoms. The van der Waals surface area contributed by atoms with Crippen LogP contribution in [0.2, 0.25) is 5.15 Å². The molecular weight excluding hydrogens is 427 g/mol. The number of hydrogen-bond donors (Lipinski definition) is 0. The van der Waals surface area contributed by atoms with Gasteiger partial charge in [-0.05, 0) is 47.8 Å². The Morgan fingerprint density at radius 1 is 1.21 bits per heavy atom. The number of halogens is 4. The quantitative estimate of drug-likeness (QED) is 0.645. The number of alkyl halides is 3. The first kappa shape index (κ1) is 12.8. The van der Waals surface area contributed by atoms with E-state index in [0.717, 1.165) is 0 Å². The van der Waals surface area contributed by atoms with Crippen molar-refractivity contribution < 1.29 is 8.42 Å². The number of hydrogen-bond acceptors (Lipinski definition) is 4. The smallest absolute Gasteiger partial charge is 0.240 e. The van der Waals surface area contributed by atoms with Crippen molar-refractivity contribution in [1.82, 2.24) is 9.97 Å². The Morgan fingerprint density at radius 2 is 1.71 bits per heavy atom. The van der Waals surface area contributed by atoms with Crippen LogP contribution in [0.15, 0.2) is 17.4 Å². The molecule has 0 bridgehead atoms. The van der Waals surface area contributed by atoms with Gasteiger partial charge in [-0.2, -0.15) is 0 Å². The zero-order chi connectivity index (χ0) is 11.0. The average molecular weight is 429 g/mol. The van der Waals surface area contributed by atoms with E-state index in [2.05, 4.69) is 57.8 Å². The first-order chi connectivity index (χ1) is 6.27. The van der Waals surface area contributed by atoms with Gasteiger partial charge in [0.1, 0.15) is 0 Å². The maximum absolute atomic E-state index is 11.7. The summed E-state index contributed by atoms with van der Waals surface area (Å²) in [4.78, 5) is 7.26. The van der Waals surface area contributed by atoms with Crippen molar-refractivity contribution in [2.45, 2.75) is 6.50 Å². The van der Waals surface area contributed by atoms with Gasteiger partial charge in [0, 0.05) is 12.4 Å². The Hall–Kier alpha value is 0.760. The van der Waals surface area contributed by atoms with Crippen LogP contribution in [0.5, 0.6) is 0 Å². The highest BCUT2D eigenvalue weighted by molar-refractivity contribution is 9.42. The molecule has 1 aromatic heterocycles. The van der Waals surface area contributed by atoms with Crippen molar-refractivity contribution in [2.75, 3.05) is 0 Å². The summed E-state index contributed by atoms with van der Waals surface area (Å²) in [7, 11) is -3.76. The van der Waals surface area contributed by atoms with Crippen LogP contribution < -0.4 is 0 Å². The number of sulfone groups is 1. The number of nitrogens with zero attached hydrogens (tertiary/aromatic N) is 2. The zero-order valence-corrected chi connectivity index (χ0v) is 12.6. The third-order valence-electron chi connectivity index (χ3n) is 1.18. The van der Waals surface area contributed by atoms with Crippen molar-refractivity contribution in [3.05, 3.63) is 17.5 Å². The Morgan fingerprint density at radius 3 is 2.14 bits per heavy atom. The van der Waals surface area contributed by atoms with Gasteiger partial charge in [0.25, 0.3) is 0 Å². The predicted octanol–water partition coefficient (Wildman–Crippen LogP) is 2.70. The van der Waals surface area contributed by atoms with E-state index in [1.165, 1.54) is 12.4 Å². The summed E-state index contributed by atoms with van der Waals surface area (Å²) >= 11 is 14.3. The summed E-state index contributed by atoms with van der Waals surface area (Å²) < 4.78 is 22.0. The lowest BCUT2D eigenvalue weighted by molar-refractivity contribution is 0.594. The summed E-state index contributed by atoms with van der Waals surface area (Å²) in [6.07, 6.45) is 2.55. The number of rotatable bonds is 1. The van der Waals surface area contributed by atoms with E-state index in [1.807, 2.05) is 0 Å². The van der Waals surface area contributed by atoms with E-state index in [9.17, 15) is 8.42 Å². The monoisotopic (exact) mass is 426 g/mol. The van der Waals surface area contributed by atoms with Gasteiger partial charge in [-0.1, -0.05) is 11.6 Å². The lowest BCUT2D eigenvalue weighted by Crippen LogP contribution is -2.19. The molecule has 0 unspecified atom stereocenters. The Balaban J connectivity index is 3.40. The first-order valence-corrected chi connectivity index (χ1v) is 7.28. The van der Waals surface area contributed by atoms with Gasteiger partial charge in [0.2, 0.25) is 11.3 Å². The molecule has 9 heteroatoms.